The number of hydrogen-bond donors (Lipinski definition) is 0. The lowest BCUT2D eigenvalue weighted by Crippen LogP contribution is -2.38. The lowest BCUT2D eigenvalue weighted by molar-refractivity contribution is 0.170. The summed E-state index contributed by atoms with van der Waals surface area (Å²) in [5.41, 5.74) is 2.74. The molecule has 0 aliphatic carbocycles. The molecule has 0 aromatic carbocycles. The van der Waals surface area contributed by atoms with Gasteiger partial charge in [0.15, 0.2) is 0 Å². The Balaban J connectivity index is 2.23. The number of rotatable bonds is 1. The molecule has 2 rings (SSSR count). The molecule has 0 bridgehead atoms. The third kappa shape index (κ3) is 2.14. The highest BCUT2D eigenvalue weighted by atomic mass is 15.3. The molecule has 0 saturated heterocycles. The lowest BCUT2D eigenvalue weighted by atomic mass is 9.92. The zero-order chi connectivity index (χ0) is 11.9. The van der Waals surface area contributed by atoms with Crippen molar-refractivity contribution in [2.75, 3.05) is 6.54 Å². The average molecular weight is 221 g/mol. The highest BCUT2D eigenvalue weighted by molar-refractivity contribution is 5.18. The average Bonchev–Trinajstić information content (AvgIpc) is 2.58. The Morgan fingerprint density at radius 1 is 1.25 bits per heavy atom. The van der Waals surface area contributed by atoms with E-state index in [9.17, 15) is 0 Å². The zero-order valence-corrected chi connectivity index (χ0v) is 11.1. The number of aromatic nitrogens is 2. The van der Waals surface area contributed by atoms with E-state index in [2.05, 4.69) is 50.3 Å². The molecule has 0 atom stereocenters. The summed E-state index contributed by atoms with van der Waals surface area (Å²) in [4.78, 5) is 2.50. The fourth-order valence-electron chi connectivity index (χ4n) is 2.09. The molecule has 1 aliphatic rings. The van der Waals surface area contributed by atoms with E-state index in [1.807, 2.05) is 0 Å². The van der Waals surface area contributed by atoms with E-state index in [4.69, 9.17) is 5.10 Å². The number of fused-ring (bicyclic) bond motifs is 1. The van der Waals surface area contributed by atoms with Crippen LogP contribution >= 0.6 is 0 Å². The second-order valence-corrected chi connectivity index (χ2v) is 6.06. The summed E-state index contributed by atoms with van der Waals surface area (Å²) in [5, 5.41) is 4.71. The number of hydrogen-bond acceptors (Lipinski definition) is 2. The largest absolute Gasteiger partial charge is 0.293 e. The first-order chi connectivity index (χ1) is 7.38. The van der Waals surface area contributed by atoms with E-state index in [0.717, 1.165) is 19.6 Å². The Morgan fingerprint density at radius 3 is 2.50 bits per heavy atom. The van der Waals surface area contributed by atoms with Crippen LogP contribution in [0.5, 0.6) is 0 Å². The molecule has 0 N–H and O–H groups in total. The second-order valence-electron chi connectivity index (χ2n) is 6.06. The molecule has 16 heavy (non-hydrogen) atoms. The van der Waals surface area contributed by atoms with Gasteiger partial charge in [-0.05, 0) is 19.9 Å². The van der Waals surface area contributed by atoms with Crippen molar-refractivity contribution in [1.82, 2.24) is 14.7 Å². The van der Waals surface area contributed by atoms with Gasteiger partial charge in [-0.15, -0.1) is 0 Å². The first kappa shape index (κ1) is 11.6. The van der Waals surface area contributed by atoms with E-state index in [0.29, 0.717) is 6.04 Å². The standard InChI is InChI=1S/C13H23N3/c1-10(2)15-6-7-16-11(9-15)8-12(14-16)13(3,4)5/h8,10H,6-7,9H2,1-5H3. The summed E-state index contributed by atoms with van der Waals surface area (Å²) >= 11 is 0. The van der Waals surface area contributed by atoms with Crippen molar-refractivity contribution in [3.05, 3.63) is 17.5 Å². The summed E-state index contributed by atoms with van der Waals surface area (Å²) < 4.78 is 2.18. The fraction of sp³-hybridized carbons (Fsp3) is 0.769. The minimum absolute atomic E-state index is 0.160. The molecule has 3 heteroatoms. The van der Waals surface area contributed by atoms with E-state index in [-0.39, 0.29) is 5.41 Å². The van der Waals surface area contributed by atoms with Gasteiger partial charge in [0.1, 0.15) is 0 Å². The Bertz CT molecular complexity index is 371. The van der Waals surface area contributed by atoms with Gasteiger partial charge >= 0.3 is 0 Å². The molecule has 3 nitrogen and oxygen atoms in total. The molecule has 0 fully saturated rings. The fourth-order valence-corrected chi connectivity index (χ4v) is 2.09. The molecule has 0 spiro atoms. The molecule has 0 unspecified atom stereocenters. The van der Waals surface area contributed by atoms with Crippen LogP contribution in [0.25, 0.3) is 0 Å². The van der Waals surface area contributed by atoms with E-state index < -0.39 is 0 Å². The quantitative estimate of drug-likeness (QED) is 0.726. The Labute approximate surface area is 98.4 Å². The van der Waals surface area contributed by atoms with Crippen molar-refractivity contribution >= 4 is 0 Å². The molecule has 0 amide bonds. The SMILES string of the molecule is CC(C)N1CCn2nc(C(C)(C)C)cc2C1. The van der Waals surface area contributed by atoms with Crippen molar-refractivity contribution in [3.63, 3.8) is 0 Å². The van der Waals surface area contributed by atoms with Crippen molar-refractivity contribution in [1.29, 1.82) is 0 Å². The topological polar surface area (TPSA) is 21.1 Å². The van der Waals surface area contributed by atoms with E-state index >= 15 is 0 Å². The van der Waals surface area contributed by atoms with E-state index in [1.165, 1.54) is 11.4 Å². The molecule has 90 valence electrons. The molecule has 1 aliphatic heterocycles. The predicted octanol–water partition coefficient (Wildman–Crippen LogP) is 2.40. The normalized spacial score (nSPS) is 17.9. The number of nitrogens with zero attached hydrogens (tertiary/aromatic N) is 3. The Kier molecular flexibility index (Phi) is 2.82. The van der Waals surface area contributed by atoms with Gasteiger partial charge in [-0.25, -0.2) is 0 Å². The predicted molar refractivity (Wildman–Crippen MR) is 66.5 cm³/mol. The summed E-state index contributed by atoms with van der Waals surface area (Å²) in [6.45, 7) is 14.4. The first-order valence-corrected chi connectivity index (χ1v) is 6.19. The summed E-state index contributed by atoms with van der Waals surface area (Å²) in [7, 11) is 0. The smallest absolute Gasteiger partial charge is 0.0681 e. The molecule has 0 saturated carbocycles. The summed E-state index contributed by atoms with van der Waals surface area (Å²) in [5.74, 6) is 0. The highest BCUT2D eigenvalue weighted by Gasteiger charge is 2.24. The van der Waals surface area contributed by atoms with Crippen molar-refractivity contribution in [2.24, 2.45) is 0 Å². The third-order valence-electron chi connectivity index (χ3n) is 3.33. The lowest BCUT2D eigenvalue weighted by Gasteiger charge is -2.30. The third-order valence-corrected chi connectivity index (χ3v) is 3.33. The molecular weight excluding hydrogens is 198 g/mol. The van der Waals surface area contributed by atoms with Gasteiger partial charge in [0, 0.05) is 24.5 Å². The minimum atomic E-state index is 0.160. The minimum Gasteiger partial charge on any atom is -0.293 e. The molecular formula is C13H23N3. The molecule has 2 heterocycles. The van der Waals surface area contributed by atoms with Gasteiger partial charge in [-0.1, -0.05) is 20.8 Å². The van der Waals surface area contributed by atoms with Crippen LogP contribution in [0.4, 0.5) is 0 Å². The van der Waals surface area contributed by atoms with Crippen LogP contribution in [-0.4, -0.2) is 27.3 Å². The van der Waals surface area contributed by atoms with Gasteiger partial charge in [0.2, 0.25) is 0 Å². The van der Waals surface area contributed by atoms with Gasteiger partial charge < -0.3 is 0 Å². The molecule has 1 aromatic heterocycles. The van der Waals surface area contributed by atoms with Crippen LogP contribution in [0.3, 0.4) is 0 Å². The van der Waals surface area contributed by atoms with Crippen molar-refractivity contribution in [3.8, 4) is 0 Å². The monoisotopic (exact) mass is 221 g/mol. The maximum absolute atomic E-state index is 4.71. The van der Waals surface area contributed by atoms with Gasteiger partial charge in [0.05, 0.1) is 17.9 Å². The summed E-state index contributed by atoms with van der Waals surface area (Å²) in [6.07, 6.45) is 0. The van der Waals surface area contributed by atoms with Gasteiger partial charge in [-0.3, -0.25) is 9.58 Å². The van der Waals surface area contributed by atoms with E-state index in [1.54, 1.807) is 0 Å². The van der Waals surface area contributed by atoms with Gasteiger partial charge in [0.25, 0.3) is 0 Å². The maximum atomic E-state index is 4.71. The Morgan fingerprint density at radius 2 is 1.94 bits per heavy atom. The van der Waals surface area contributed by atoms with Crippen LogP contribution in [0.1, 0.15) is 46.0 Å². The van der Waals surface area contributed by atoms with Crippen LogP contribution < -0.4 is 0 Å². The molecule has 0 radical (unpaired) electrons. The summed E-state index contributed by atoms with van der Waals surface area (Å²) in [6, 6.07) is 2.90. The highest BCUT2D eigenvalue weighted by Crippen LogP contribution is 2.24. The van der Waals surface area contributed by atoms with Gasteiger partial charge in [-0.2, -0.15) is 5.10 Å². The second kappa shape index (κ2) is 3.88. The maximum Gasteiger partial charge on any atom is 0.0681 e. The van der Waals surface area contributed by atoms with Crippen LogP contribution in [0.15, 0.2) is 6.07 Å². The first-order valence-electron chi connectivity index (χ1n) is 6.19. The van der Waals surface area contributed by atoms with Crippen LogP contribution in [0, 0.1) is 0 Å². The van der Waals surface area contributed by atoms with Crippen molar-refractivity contribution < 1.29 is 0 Å². The van der Waals surface area contributed by atoms with Crippen LogP contribution in [-0.2, 0) is 18.5 Å². The van der Waals surface area contributed by atoms with Crippen molar-refractivity contribution in [2.45, 2.75) is 59.2 Å². The molecule has 1 aromatic rings. The Hall–Kier alpha value is -0.830. The zero-order valence-electron chi connectivity index (χ0n) is 11.1. The van der Waals surface area contributed by atoms with Crippen LogP contribution in [0.2, 0.25) is 0 Å².